The normalized spacial score (nSPS) is 12.2. The molecular formula is C16H17N5O2. The maximum atomic E-state index is 12.1. The fourth-order valence-corrected chi connectivity index (χ4v) is 2.39. The third-order valence-corrected chi connectivity index (χ3v) is 3.63. The fourth-order valence-electron chi connectivity index (χ4n) is 2.39. The Morgan fingerprint density at radius 3 is 2.74 bits per heavy atom. The lowest BCUT2D eigenvalue weighted by atomic mass is 10.0. The van der Waals surface area contributed by atoms with E-state index in [-0.39, 0.29) is 11.6 Å². The summed E-state index contributed by atoms with van der Waals surface area (Å²) in [7, 11) is 0. The number of hydrogen-bond acceptors (Lipinski definition) is 4. The maximum absolute atomic E-state index is 12.1. The second-order valence-corrected chi connectivity index (χ2v) is 5.25. The molecule has 23 heavy (non-hydrogen) atoms. The summed E-state index contributed by atoms with van der Waals surface area (Å²) in [5, 5.41) is 10.9. The van der Waals surface area contributed by atoms with Gasteiger partial charge >= 0.3 is 5.69 Å². The molecule has 0 aliphatic heterocycles. The van der Waals surface area contributed by atoms with Crippen LogP contribution in [0, 0.1) is 0 Å². The zero-order chi connectivity index (χ0) is 16.2. The summed E-state index contributed by atoms with van der Waals surface area (Å²) in [6.45, 7) is 0.348. The van der Waals surface area contributed by atoms with Gasteiger partial charge in [0.05, 0.1) is 0 Å². The second-order valence-electron chi connectivity index (χ2n) is 5.25. The molecule has 3 aromatic rings. The van der Waals surface area contributed by atoms with E-state index in [1.165, 1.54) is 0 Å². The number of rotatable bonds is 5. The second kappa shape index (κ2) is 6.45. The topological polar surface area (TPSA) is 117 Å². The van der Waals surface area contributed by atoms with Crippen molar-refractivity contribution in [3.63, 3.8) is 0 Å². The van der Waals surface area contributed by atoms with Crippen molar-refractivity contribution < 1.29 is 4.79 Å². The van der Waals surface area contributed by atoms with Crippen molar-refractivity contribution in [1.82, 2.24) is 20.5 Å². The summed E-state index contributed by atoms with van der Waals surface area (Å²) >= 11 is 0. The van der Waals surface area contributed by atoms with E-state index >= 15 is 0 Å². The van der Waals surface area contributed by atoms with Gasteiger partial charge in [-0.2, -0.15) is 5.10 Å². The number of hydrogen-bond donors (Lipinski definition) is 4. The molecule has 0 bridgehead atoms. The van der Waals surface area contributed by atoms with Crippen molar-refractivity contribution in [2.75, 3.05) is 6.54 Å². The third-order valence-electron chi connectivity index (χ3n) is 3.63. The van der Waals surface area contributed by atoms with E-state index in [1.807, 2.05) is 42.5 Å². The first-order valence-corrected chi connectivity index (χ1v) is 7.29. The monoisotopic (exact) mass is 311 g/mol. The number of amides is 1. The highest BCUT2D eigenvalue weighted by Gasteiger charge is 2.15. The molecule has 3 rings (SSSR count). The molecule has 2 aromatic carbocycles. The first-order valence-electron chi connectivity index (χ1n) is 7.29. The number of fused-ring (bicyclic) bond motifs is 1. The van der Waals surface area contributed by atoms with Gasteiger partial charge in [-0.15, -0.1) is 0 Å². The van der Waals surface area contributed by atoms with Gasteiger partial charge in [-0.25, -0.2) is 9.89 Å². The van der Waals surface area contributed by atoms with Gasteiger partial charge in [-0.3, -0.25) is 9.78 Å². The van der Waals surface area contributed by atoms with Crippen LogP contribution in [-0.4, -0.2) is 27.6 Å². The standard InChI is InChI=1S/C16H17N5O2/c17-14(12-6-5-10-3-1-2-4-11(10)9-12)15(22)18-8-7-13-19-16(23)21-20-13/h1-6,9,14H,7-8,17H2,(H,18,22)(H2,19,20,21,23). The summed E-state index contributed by atoms with van der Waals surface area (Å²) in [6, 6.07) is 12.9. The Kier molecular flexibility index (Phi) is 4.20. The number of nitrogens with zero attached hydrogens (tertiary/aromatic N) is 1. The number of carbonyl (C=O) groups excluding carboxylic acids is 1. The van der Waals surface area contributed by atoms with Crippen LogP contribution in [0.2, 0.25) is 0 Å². The van der Waals surface area contributed by atoms with E-state index < -0.39 is 6.04 Å². The molecule has 0 fully saturated rings. The summed E-state index contributed by atoms with van der Waals surface area (Å²) in [6.07, 6.45) is 0.426. The fraction of sp³-hybridized carbons (Fsp3) is 0.188. The van der Waals surface area contributed by atoms with E-state index in [9.17, 15) is 9.59 Å². The van der Waals surface area contributed by atoms with Gasteiger partial charge < -0.3 is 11.1 Å². The molecule has 5 N–H and O–H groups in total. The first kappa shape index (κ1) is 15.0. The Bertz CT molecular complexity index is 883. The van der Waals surface area contributed by atoms with Gasteiger partial charge in [0.2, 0.25) is 5.91 Å². The predicted molar refractivity (Wildman–Crippen MR) is 86.8 cm³/mol. The van der Waals surface area contributed by atoms with Crippen molar-refractivity contribution in [1.29, 1.82) is 0 Å². The Labute approximate surface area is 131 Å². The van der Waals surface area contributed by atoms with Crippen molar-refractivity contribution in [3.8, 4) is 0 Å². The highest BCUT2D eigenvalue weighted by molar-refractivity contribution is 5.87. The summed E-state index contributed by atoms with van der Waals surface area (Å²) < 4.78 is 0. The van der Waals surface area contributed by atoms with Crippen LogP contribution in [0.25, 0.3) is 10.8 Å². The molecule has 118 valence electrons. The number of benzene rings is 2. The SMILES string of the molecule is NC(C(=O)NCCc1n[nH]c(=O)[nH]1)c1ccc2ccccc2c1. The molecule has 0 saturated carbocycles. The molecule has 7 heteroatoms. The number of H-pyrrole nitrogens is 2. The van der Waals surface area contributed by atoms with Gasteiger partial charge in [-0.1, -0.05) is 36.4 Å². The minimum atomic E-state index is -0.738. The Hall–Kier alpha value is -2.93. The Morgan fingerprint density at radius 1 is 1.22 bits per heavy atom. The molecule has 0 spiro atoms. The van der Waals surface area contributed by atoms with Crippen LogP contribution in [0.1, 0.15) is 17.4 Å². The number of carbonyl (C=O) groups is 1. The maximum Gasteiger partial charge on any atom is 0.340 e. The largest absolute Gasteiger partial charge is 0.354 e. The Balaban J connectivity index is 1.62. The summed E-state index contributed by atoms with van der Waals surface area (Å²) in [5.41, 5.74) is 6.42. The van der Waals surface area contributed by atoms with Gasteiger partial charge in [0.1, 0.15) is 11.9 Å². The zero-order valence-electron chi connectivity index (χ0n) is 12.4. The minimum absolute atomic E-state index is 0.266. The quantitative estimate of drug-likeness (QED) is 0.552. The highest BCUT2D eigenvalue weighted by atomic mass is 16.2. The average molecular weight is 311 g/mol. The molecule has 0 radical (unpaired) electrons. The third kappa shape index (κ3) is 3.46. The van der Waals surface area contributed by atoms with Crippen LogP contribution in [0.5, 0.6) is 0 Å². The molecule has 0 saturated heterocycles. The summed E-state index contributed by atoms with van der Waals surface area (Å²) in [5.74, 6) is 0.229. The highest BCUT2D eigenvalue weighted by Crippen LogP contribution is 2.19. The molecule has 7 nitrogen and oxygen atoms in total. The van der Waals surface area contributed by atoms with E-state index in [4.69, 9.17) is 5.73 Å². The van der Waals surface area contributed by atoms with Crippen molar-refractivity contribution in [3.05, 3.63) is 64.3 Å². The van der Waals surface area contributed by atoms with E-state index in [0.717, 1.165) is 16.3 Å². The minimum Gasteiger partial charge on any atom is -0.354 e. The summed E-state index contributed by atoms with van der Waals surface area (Å²) in [4.78, 5) is 25.6. The van der Waals surface area contributed by atoms with Crippen molar-refractivity contribution in [2.24, 2.45) is 5.73 Å². The lowest BCUT2D eigenvalue weighted by Gasteiger charge is -2.13. The molecule has 1 heterocycles. The number of nitrogens with two attached hydrogens (primary N) is 1. The van der Waals surface area contributed by atoms with E-state index in [2.05, 4.69) is 20.5 Å². The molecular weight excluding hydrogens is 294 g/mol. The first-order chi connectivity index (χ1) is 11.1. The van der Waals surface area contributed by atoms with E-state index in [0.29, 0.717) is 18.8 Å². The van der Waals surface area contributed by atoms with Crippen LogP contribution in [-0.2, 0) is 11.2 Å². The Morgan fingerprint density at radius 2 is 2.00 bits per heavy atom. The molecule has 1 aromatic heterocycles. The van der Waals surface area contributed by atoms with Crippen LogP contribution in [0.3, 0.4) is 0 Å². The van der Waals surface area contributed by atoms with Crippen molar-refractivity contribution >= 4 is 16.7 Å². The molecule has 1 amide bonds. The van der Waals surface area contributed by atoms with Gasteiger partial charge in [-0.05, 0) is 22.4 Å². The zero-order valence-corrected chi connectivity index (χ0v) is 12.4. The molecule has 1 unspecified atom stereocenters. The lowest BCUT2D eigenvalue weighted by molar-refractivity contribution is -0.122. The smallest absolute Gasteiger partial charge is 0.340 e. The van der Waals surface area contributed by atoms with Gasteiger partial charge in [0.25, 0.3) is 0 Å². The van der Waals surface area contributed by atoms with Crippen LogP contribution in [0.4, 0.5) is 0 Å². The van der Waals surface area contributed by atoms with Crippen molar-refractivity contribution in [2.45, 2.75) is 12.5 Å². The number of aromatic nitrogens is 3. The number of nitrogens with one attached hydrogen (secondary N) is 3. The molecule has 1 atom stereocenters. The molecule has 0 aliphatic carbocycles. The molecule has 0 aliphatic rings. The van der Waals surface area contributed by atoms with Crippen LogP contribution < -0.4 is 16.7 Å². The van der Waals surface area contributed by atoms with Gasteiger partial charge in [0.15, 0.2) is 0 Å². The average Bonchev–Trinajstić information content (AvgIpc) is 2.99. The van der Waals surface area contributed by atoms with Crippen LogP contribution in [0.15, 0.2) is 47.3 Å². The lowest BCUT2D eigenvalue weighted by Crippen LogP contribution is -2.35. The predicted octanol–water partition coefficient (Wildman–Crippen LogP) is 0.610. The van der Waals surface area contributed by atoms with Gasteiger partial charge in [0, 0.05) is 13.0 Å². The number of aromatic amines is 2. The van der Waals surface area contributed by atoms with Crippen LogP contribution >= 0.6 is 0 Å². The van der Waals surface area contributed by atoms with E-state index in [1.54, 1.807) is 0 Å².